The van der Waals surface area contributed by atoms with E-state index < -0.39 is 20.6 Å². The number of rotatable bonds is 8. The Morgan fingerprint density at radius 1 is 1.00 bits per heavy atom. The van der Waals surface area contributed by atoms with Crippen LogP contribution >= 0.6 is 11.6 Å². The first-order valence-corrected chi connectivity index (χ1v) is 13.0. The number of nitro groups is 1. The van der Waals surface area contributed by atoms with Gasteiger partial charge >= 0.3 is 0 Å². The number of aryl methyl sites for hydroxylation is 2. The van der Waals surface area contributed by atoms with Gasteiger partial charge in [0.15, 0.2) is 0 Å². The monoisotopic (exact) mass is 537 g/mol. The molecule has 9 nitrogen and oxygen atoms in total. The van der Waals surface area contributed by atoms with Crippen molar-refractivity contribution in [3.05, 3.63) is 110 Å². The molecule has 1 aromatic heterocycles. The third-order valence-electron chi connectivity index (χ3n) is 5.77. The summed E-state index contributed by atoms with van der Waals surface area (Å²) in [7, 11) is -4.09. The van der Waals surface area contributed by atoms with Gasteiger partial charge in [0.25, 0.3) is 15.7 Å². The number of benzene rings is 3. The molecular formula is C26H24ClN5O4S. The minimum Gasteiger partial charge on any atom is -0.318 e. The van der Waals surface area contributed by atoms with Crippen molar-refractivity contribution in [2.24, 2.45) is 5.10 Å². The lowest BCUT2D eigenvalue weighted by atomic mass is 10.2. The topological polar surface area (TPSA) is 119 Å². The highest BCUT2D eigenvalue weighted by molar-refractivity contribution is 7.92. The summed E-state index contributed by atoms with van der Waals surface area (Å²) in [5.41, 5.74) is 7.52. The number of sulfonamides is 1. The minimum absolute atomic E-state index is 0.0515. The first kappa shape index (κ1) is 25.9. The van der Waals surface area contributed by atoms with Gasteiger partial charge in [-0.3, -0.25) is 20.3 Å². The largest absolute Gasteiger partial charge is 0.318 e. The molecule has 0 saturated carbocycles. The van der Waals surface area contributed by atoms with E-state index in [-0.39, 0.29) is 16.3 Å². The highest BCUT2D eigenvalue weighted by Gasteiger charge is 2.22. The van der Waals surface area contributed by atoms with Crippen molar-refractivity contribution in [3.8, 4) is 5.69 Å². The molecule has 0 unspecified atom stereocenters. The number of anilines is 2. The Labute approximate surface area is 219 Å². The smallest absolute Gasteiger partial charge is 0.295 e. The summed E-state index contributed by atoms with van der Waals surface area (Å²) in [6, 6.07) is 19.7. The van der Waals surface area contributed by atoms with E-state index in [0.29, 0.717) is 5.02 Å². The van der Waals surface area contributed by atoms with Gasteiger partial charge in [-0.15, -0.1) is 0 Å². The van der Waals surface area contributed by atoms with Crippen molar-refractivity contribution in [3.63, 3.8) is 0 Å². The normalized spacial score (nSPS) is 11.6. The van der Waals surface area contributed by atoms with Gasteiger partial charge in [0, 0.05) is 33.7 Å². The molecule has 4 rings (SSSR count). The number of hydrogen-bond donors (Lipinski definition) is 2. The lowest BCUT2D eigenvalue weighted by molar-refractivity contribution is -0.384. The second-order valence-electron chi connectivity index (χ2n) is 8.37. The van der Waals surface area contributed by atoms with Crippen LogP contribution in [0, 0.1) is 30.9 Å². The van der Waals surface area contributed by atoms with Gasteiger partial charge < -0.3 is 4.57 Å². The van der Waals surface area contributed by atoms with Crippen molar-refractivity contribution in [1.29, 1.82) is 0 Å². The quantitative estimate of drug-likeness (QED) is 0.157. The van der Waals surface area contributed by atoms with Crippen LogP contribution in [0.4, 0.5) is 17.1 Å². The molecule has 0 aliphatic carbocycles. The molecule has 0 aliphatic heterocycles. The molecule has 4 aromatic rings. The van der Waals surface area contributed by atoms with E-state index in [1.54, 1.807) is 18.3 Å². The number of nitro benzene ring substituents is 1. The van der Waals surface area contributed by atoms with E-state index in [2.05, 4.69) is 19.8 Å². The third kappa shape index (κ3) is 5.65. The van der Waals surface area contributed by atoms with Gasteiger partial charge in [-0.25, -0.2) is 8.42 Å². The maximum absolute atomic E-state index is 12.8. The van der Waals surface area contributed by atoms with E-state index in [0.717, 1.165) is 34.3 Å². The summed E-state index contributed by atoms with van der Waals surface area (Å²) in [6.07, 6.45) is 1.58. The van der Waals surface area contributed by atoms with Gasteiger partial charge in [-0.2, -0.15) is 5.10 Å². The van der Waals surface area contributed by atoms with Gasteiger partial charge in [-0.1, -0.05) is 35.9 Å². The molecule has 0 amide bonds. The average molecular weight is 538 g/mol. The fourth-order valence-corrected chi connectivity index (χ4v) is 5.22. The molecule has 0 radical (unpaired) electrons. The Morgan fingerprint density at radius 2 is 1.76 bits per heavy atom. The number of nitrogens with one attached hydrogen (secondary N) is 2. The molecule has 3 aromatic carbocycles. The number of hydrazone groups is 1. The molecule has 0 atom stereocenters. The van der Waals surface area contributed by atoms with Gasteiger partial charge in [-0.05, 0) is 68.8 Å². The number of para-hydroxylation sites is 1. The third-order valence-corrected chi connectivity index (χ3v) is 7.38. The van der Waals surface area contributed by atoms with Crippen molar-refractivity contribution >= 4 is 44.9 Å². The molecule has 2 N–H and O–H groups in total. The SMILES string of the molecule is Cc1ccccc1-n1c(C)cc(/C=N/Nc2ccc(S(=O)(=O)Nc3cccc(Cl)c3)cc2[N+](=O)[O-])c1C. The summed E-state index contributed by atoms with van der Waals surface area (Å²) >= 11 is 5.91. The van der Waals surface area contributed by atoms with E-state index in [1.807, 2.05) is 51.1 Å². The predicted molar refractivity (Wildman–Crippen MR) is 147 cm³/mol. The molecule has 11 heteroatoms. The molecular weight excluding hydrogens is 514 g/mol. The second-order valence-corrected chi connectivity index (χ2v) is 10.5. The van der Waals surface area contributed by atoms with E-state index in [4.69, 9.17) is 11.6 Å². The number of halogens is 1. The molecule has 1 heterocycles. The fraction of sp³-hybridized carbons (Fsp3) is 0.115. The zero-order chi connectivity index (χ0) is 26.7. The van der Waals surface area contributed by atoms with Crippen LogP contribution in [-0.2, 0) is 10.0 Å². The van der Waals surface area contributed by atoms with Crippen LogP contribution < -0.4 is 10.1 Å². The first-order valence-electron chi connectivity index (χ1n) is 11.2. The summed E-state index contributed by atoms with van der Waals surface area (Å²) < 4.78 is 30.0. The molecule has 0 saturated heterocycles. The van der Waals surface area contributed by atoms with Crippen molar-refractivity contribution in [2.45, 2.75) is 25.7 Å². The van der Waals surface area contributed by atoms with Crippen molar-refractivity contribution in [2.75, 3.05) is 10.1 Å². The maximum atomic E-state index is 12.8. The molecule has 0 spiro atoms. The summed E-state index contributed by atoms with van der Waals surface area (Å²) in [5.74, 6) is 0. The fourth-order valence-electron chi connectivity index (χ4n) is 3.96. The Balaban J connectivity index is 1.58. The highest BCUT2D eigenvalue weighted by atomic mass is 35.5. The lowest BCUT2D eigenvalue weighted by Crippen LogP contribution is -2.13. The van der Waals surface area contributed by atoms with Gasteiger partial charge in [0.1, 0.15) is 5.69 Å². The van der Waals surface area contributed by atoms with Crippen LogP contribution in [0.25, 0.3) is 5.69 Å². The maximum Gasteiger partial charge on any atom is 0.295 e. The van der Waals surface area contributed by atoms with E-state index in [1.165, 1.54) is 24.3 Å². The van der Waals surface area contributed by atoms with Crippen LogP contribution in [0.2, 0.25) is 5.02 Å². The van der Waals surface area contributed by atoms with E-state index in [9.17, 15) is 18.5 Å². The molecule has 0 bridgehead atoms. The summed E-state index contributed by atoms with van der Waals surface area (Å²) in [5, 5.41) is 16.2. The molecule has 37 heavy (non-hydrogen) atoms. The first-order chi connectivity index (χ1) is 17.6. The molecule has 190 valence electrons. The number of nitrogens with zero attached hydrogens (tertiary/aromatic N) is 3. The number of hydrogen-bond acceptors (Lipinski definition) is 6. The summed E-state index contributed by atoms with van der Waals surface area (Å²) in [6.45, 7) is 6.00. The zero-order valence-electron chi connectivity index (χ0n) is 20.3. The van der Waals surface area contributed by atoms with Gasteiger partial charge in [0.05, 0.1) is 21.7 Å². The van der Waals surface area contributed by atoms with Crippen molar-refractivity contribution in [1.82, 2.24) is 4.57 Å². The minimum atomic E-state index is -4.09. The van der Waals surface area contributed by atoms with Crippen LogP contribution in [0.5, 0.6) is 0 Å². The zero-order valence-corrected chi connectivity index (χ0v) is 21.8. The standard InChI is InChI=1S/C26H24ClN5O4S/c1-17-7-4-5-10-25(17)31-18(2)13-20(19(31)3)16-28-29-24-12-11-23(15-26(24)32(33)34)37(35,36)30-22-9-6-8-21(27)14-22/h4-16,29-30H,1-3H3/b28-16+. The predicted octanol–water partition coefficient (Wildman–Crippen LogP) is 6.21. The Bertz CT molecular complexity index is 1630. The lowest BCUT2D eigenvalue weighted by Gasteiger charge is -2.12. The molecule has 0 fully saturated rings. The van der Waals surface area contributed by atoms with Crippen LogP contribution in [-0.4, -0.2) is 24.1 Å². The van der Waals surface area contributed by atoms with Crippen molar-refractivity contribution < 1.29 is 13.3 Å². The van der Waals surface area contributed by atoms with E-state index >= 15 is 0 Å². The van der Waals surface area contributed by atoms with Crippen LogP contribution in [0.15, 0.2) is 82.8 Å². The Kier molecular flexibility index (Phi) is 7.33. The molecule has 0 aliphatic rings. The van der Waals surface area contributed by atoms with Crippen LogP contribution in [0.1, 0.15) is 22.5 Å². The Hall–Kier alpha value is -4.15. The number of aromatic nitrogens is 1. The Morgan fingerprint density at radius 3 is 2.46 bits per heavy atom. The second kappa shape index (κ2) is 10.5. The van der Waals surface area contributed by atoms with Gasteiger partial charge in [0.2, 0.25) is 0 Å². The van der Waals surface area contributed by atoms with Crippen LogP contribution in [0.3, 0.4) is 0 Å². The highest BCUT2D eigenvalue weighted by Crippen LogP contribution is 2.29. The summed E-state index contributed by atoms with van der Waals surface area (Å²) in [4.78, 5) is 10.8. The average Bonchev–Trinajstić information content (AvgIpc) is 3.12.